The van der Waals surface area contributed by atoms with Crippen molar-refractivity contribution in [2.75, 3.05) is 26.9 Å². The maximum Gasteiger partial charge on any atom is 0.345 e. The van der Waals surface area contributed by atoms with Crippen LogP contribution in [0.2, 0.25) is 0 Å². The van der Waals surface area contributed by atoms with Gasteiger partial charge in [-0.25, -0.2) is 4.79 Å². The van der Waals surface area contributed by atoms with E-state index in [0.717, 1.165) is 17.8 Å². The normalized spacial score (nSPS) is 22.4. The Labute approximate surface area is 114 Å². The summed E-state index contributed by atoms with van der Waals surface area (Å²) in [5.74, 6) is -1.32. The van der Waals surface area contributed by atoms with Gasteiger partial charge in [-0.1, -0.05) is 0 Å². The molecule has 2 N–H and O–H groups in total. The van der Waals surface area contributed by atoms with Crippen LogP contribution in [0.3, 0.4) is 0 Å². The van der Waals surface area contributed by atoms with Crippen LogP contribution in [0.1, 0.15) is 25.8 Å². The molecule has 2 heterocycles. The fourth-order valence-electron chi connectivity index (χ4n) is 1.86. The van der Waals surface area contributed by atoms with Gasteiger partial charge >= 0.3 is 5.97 Å². The number of methoxy groups -OCH3 is 1. The molecule has 1 aromatic rings. The number of carbonyl (C=O) groups excluding carboxylic acids is 1. The molecule has 0 aliphatic carbocycles. The predicted molar refractivity (Wildman–Crippen MR) is 68.8 cm³/mol. The van der Waals surface area contributed by atoms with Gasteiger partial charge in [0.15, 0.2) is 0 Å². The number of amides is 1. The Morgan fingerprint density at radius 3 is 2.79 bits per heavy atom. The lowest BCUT2D eigenvalue weighted by Gasteiger charge is -2.25. The van der Waals surface area contributed by atoms with E-state index in [1.165, 1.54) is 12.1 Å². The SMILES string of the molecule is COC1(CNC(=O)c2ccc(C(=O)O)s2)CCOC1. The van der Waals surface area contributed by atoms with E-state index < -0.39 is 11.6 Å². The first kappa shape index (κ1) is 14.0. The van der Waals surface area contributed by atoms with E-state index in [9.17, 15) is 9.59 Å². The van der Waals surface area contributed by atoms with Crippen LogP contribution in [0.25, 0.3) is 0 Å². The molecular formula is C12H15NO5S. The summed E-state index contributed by atoms with van der Waals surface area (Å²) < 4.78 is 10.7. The van der Waals surface area contributed by atoms with Crippen molar-refractivity contribution in [3.63, 3.8) is 0 Å². The number of carbonyl (C=O) groups is 2. The number of ether oxygens (including phenoxy) is 2. The number of nitrogens with one attached hydrogen (secondary N) is 1. The van der Waals surface area contributed by atoms with Gasteiger partial charge in [-0.3, -0.25) is 4.79 Å². The Bertz CT molecular complexity index is 478. The van der Waals surface area contributed by atoms with Gasteiger partial charge < -0.3 is 19.9 Å². The third kappa shape index (κ3) is 3.12. The first-order chi connectivity index (χ1) is 9.06. The van der Waals surface area contributed by atoms with Gasteiger partial charge in [-0.2, -0.15) is 0 Å². The zero-order chi connectivity index (χ0) is 13.9. The van der Waals surface area contributed by atoms with Crippen molar-refractivity contribution in [3.05, 3.63) is 21.9 Å². The summed E-state index contributed by atoms with van der Waals surface area (Å²) >= 11 is 0.954. The molecule has 104 valence electrons. The van der Waals surface area contributed by atoms with E-state index >= 15 is 0 Å². The minimum Gasteiger partial charge on any atom is -0.477 e. The number of rotatable bonds is 5. The van der Waals surface area contributed by atoms with Gasteiger partial charge in [-0.15, -0.1) is 11.3 Å². The fraction of sp³-hybridized carbons (Fsp3) is 0.500. The zero-order valence-electron chi connectivity index (χ0n) is 10.5. The zero-order valence-corrected chi connectivity index (χ0v) is 11.3. The summed E-state index contributed by atoms with van der Waals surface area (Å²) in [6, 6.07) is 2.93. The molecule has 1 fully saturated rings. The molecule has 0 bridgehead atoms. The van der Waals surface area contributed by atoms with Crippen molar-refractivity contribution < 1.29 is 24.2 Å². The number of hydrogen-bond acceptors (Lipinski definition) is 5. The van der Waals surface area contributed by atoms with E-state index in [-0.39, 0.29) is 10.8 Å². The molecule has 1 amide bonds. The van der Waals surface area contributed by atoms with Crippen LogP contribution in [0.5, 0.6) is 0 Å². The Balaban J connectivity index is 1.95. The standard InChI is InChI=1S/C12H15NO5S/c1-17-12(4-5-18-7-12)6-13-10(14)8-2-3-9(19-8)11(15)16/h2-3H,4-7H2,1H3,(H,13,14)(H,15,16). The monoisotopic (exact) mass is 285 g/mol. The Kier molecular flexibility index (Phi) is 4.18. The first-order valence-electron chi connectivity index (χ1n) is 5.80. The highest BCUT2D eigenvalue weighted by atomic mass is 32.1. The summed E-state index contributed by atoms with van der Waals surface area (Å²) in [6.07, 6.45) is 0.731. The lowest BCUT2D eigenvalue weighted by Crippen LogP contribution is -2.44. The van der Waals surface area contributed by atoms with Crippen molar-refractivity contribution in [2.24, 2.45) is 0 Å². The predicted octanol–water partition coefficient (Wildman–Crippen LogP) is 0.982. The molecule has 0 aromatic carbocycles. The second-order valence-corrected chi connectivity index (χ2v) is 5.43. The van der Waals surface area contributed by atoms with Gasteiger partial charge in [0.25, 0.3) is 5.91 Å². The summed E-state index contributed by atoms with van der Waals surface area (Å²) in [5.41, 5.74) is -0.470. The summed E-state index contributed by atoms with van der Waals surface area (Å²) in [7, 11) is 1.59. The third-order valence-electron chi connectivity index (χ3n) is 3.11. The van der Waals surface area contributed by atoms with Crippen molar-refractivity contribution >= 4 is 23.2 Å². The number of thiophene rings is 1. The van der Waals surface area contributed by atoms with Crippen molar-refractivity contribution in [1.82, 2.24) is 5.32 Å². The maximum atomic E-state index is 11.9. The molecule has 7 heteroatoms. The third-order valence-corrected chi connectivity index (χ3v) is 4.18. The second kappa shape index (κ2) is 5.68. The quantitative estimate of drug-likeness (QED) is 0.842. The molecule has 1 aromatic heterocycles. The Morgan fingerprint density at radius 2 is 2.26 bits per heavy atom. The average molecular weight is 285 g/mol. The lowest BCUT2D eigenvalue weighted by atomic mass is 10.0. The maximum absolute atomic E-state index is 11.9. The van der Waals surface area contributed by atoms with Crippen molar-refractivity contribution in [2.45, 2.75) is 12.0 Å². The number of carboxylic acids is 1. The van der Waals surface area contributed by atoms with Crippen LogP contribution >= 0.6 is 11.3 Å². The first-order valence-corrected chi connectivity index (χ1v) is 6.62. The average Bonchev–Trinajstić information content (AvgIpc) is 3.06. The number of carboxylic acid groups (broad SMARTS) is 1. The highest BCUT2D eigenvalue weighted by Crippen LogP contribution is 2.22. The molecule has 19 heavy (non-hydrogen) atoms. The van der Waals surface area contributed by atoms with Crippen LogP contribution in [0.4, 0.5) is 0 Å². The number of hydrogen-bond donors (Lipinski definition) is 2. The molecule has 1 saturated heterocycles. The minimum absolute atomic E-state index is 0.149. The highest BCUT2D eigenvalue weighted by molar-refractivity contribution is 7.15. The Morgan fingerprint density at radius 1 is 1.53 bits per heavy atom. The molecule has 1 aliphatic rings. The molecule has 1 atom stereocenters. The topological polar surface area (TPSA) is 84.9 Å². The molecule has 6 nitrogen and oxygen atoms in total. The molecule has 0 radical (unpaired) electrons. The molecular weight excluding hydrogens is 270 g/mol. The van der Waals surface area contributed by atoms with E-state index in [1.54, 1.807) is 7.11 Å². The van der Waals surface area contributed by atoms with E-state index in [2.05, 4.69) is 5.32 Å². The molecule has 0 spiro atoms. The summed E-state index contributed by atoms with van der Waals surface area (Å²) in [6.45, 7) is 1.42. The second-order valence-electron chi connectivity index (χ2n) is 4.34. The van der Waals surface area contributed by atoms with Gasteiger partial charge in [0.1, 0.15) is 10.5 Å². The molecule has 1 aliphatic heterocycles. The highest BCUT2D eigenvalue weighted by Gasteiger charge is 2.35. The van der Waals surface area contributed by atoms with Crippen LogP contribution in [0, 0.1) is 0 Å². The van der Waals surface area contributed by atoms with Crippen LogP contribution in [0.15, 0.2) is 12.1 Å². The lowest BCUT2D eigenvalue weighted by molar-refractivity contribution is -0.0148. The molecule has 2 rings (SSSR count). The van der Waals surface area contributed by atoms with E-state index in [0.29, 0.717) is 24.6 Å². The molecule has 0 saturated carbocycles. The number of aromatic carboxylic acids is 1. The van der Waals surface area contributed by atoms with Crippen LogP contribution in [-0.2, 0) is 9.47 Å². The summed E-state index contributed by atoms with van der Waals surface area (Å²) in [5, 5.41) is 11.6. The van der Waals surface area contributed by atoms with Crippen LogP contribution in [-0.4, -0.2) is 49.5 Å². The van der Waals surface area contributed by atoms with Gasteiger partial charge in [0.05, 0.1) is 11.5 Å². The Hall–Kier alpha value is -1.44. The van der Waals surface area contributed by atoms with E-state index in [4.69, 9.17) is 14.6 Å². The molecule has 1 unspecified atom stereocenters. The van der Waals surface area contributed by atoms with E-state index in [1.807, 2.05) is 0 Å². The minimum atomic E-state index is -1.03. The fourth-order valence-corrected chi connectivity index (χ4v) is 2.63. The van der Waals surface area contributed by atoms with Gasteiger partial charge in [0.2, 0.25) is 0 Å². The van der Waals surface area contributed by atoms with Gasteiger partial charge in [0, 0.05) is 26.7 Å². The smallest absolute Gasteiger partial charge is 0.345 e. The van der Waals surface area contributed by atoms with Crippen molar-refractivity contribution in [1.29, 1.82) is 0 Å². The van der Waals surface area contributed by atoms with Crippen LogP contribution < -0.4 is 5.32 Å². The summed E-state index contributed by atoms with van der Waals surface area (Å²) in [4.78, 5) is 23.2. The van der Waals surface area contributed by atoms with Gasteiger partial charge in [-0.05, 0) is 12.1 Å². The largest absolute Gasteiger partial charge is 0.477 e. The van der Waals surface area contributed by atoms with Crippen molar-refractivity contribution in [3.8, 4) is 0 Å².